The molecule has 19 heavy (non-hydrogen) atoms. The van der Waals surface area contributed by atoms with Gasteiger partial charge in [0.25, 0.3) is 0 Å². The molecule has 2 aromatic carbocycles. The first-order valence-corrected chi connectivity index (χ1v) is 8.20. The molecule has 2 rings (SSSR count). The molecule has 6 heteroatoms. The Bertz CT molecular complexity index is 625. The fourth-order valence-electron chi connectivity index (χ4n) is 1.56. The zero-order chi connectivity index (χ0) is 13.0. The van der Waals surface area contributed by atoms with Gasteiger partial charge >= 0.3 is 16.8 Å². The van der Waals surface area contributed by atoms with E-state index in [2.05, 4.69) is 0 Å². The predicted molar refractivity (Wildman–Crippen MR) is 72.6 cm³/mol. The van der Waals surface area contributed by atoms with Crippen molar-refractivity contribution in [3.05, 3.63) is 60.2 Å². The summed E-state index contributed by atoms with van der Waals surface area (Å²) in [6.45, 7) is 0. The first-order chi connectivity index (χ1) is 8.54. The van der Waals surface area contributed by atoms with E-state index in [-0.39, 0.29) is 22.5 Å². The van der Waals surface area contributed by atoms with Crippen LogP contribution in [0.3, 0.4) is 0 Å². The Kier molecular flexibility index (Phi) is 6.12. The molecule has 0 aliphatic carbocycles. The minimum atomic E-state index is -4.22. The van der Waals surface area contributed by atoms with Crippen LogP contribution >= 0.6 is 0 Å². The molecule has 0 unspecified atom stereocenters. The topological polar surface area (TPSA) is 63.2 Å². The van der Waals surface area contributed by atoms with Crippen molar-refractivity contribution < 1.29 is 30.1 Å². The van der Waals surface area contributed by atoms with Gasteiger partial charge in [-0.1, -0.05) is 54.6 Å². The van der Waals surface area contributed by atoms with E-state index in [1.165, 1.54) is 0 Å². The van der Waals surface area contributed by atoms with Gasteiger partial charge in [-0.2, -0.15) is 0 Å². The summed E-state index contributed by atoms with van der Waals surface area (Å²) >= 11 is 0. The second kappa shape index (κ2) is 7.13. The van der Waals surface area contributed by atoms with Crippen LogP contribution in [0.1, 0.15) is 5.56 Å². The van der Waals surface area contributed by atoms with Crippen LogP contribution in [0, 0.1) is 0 Å². The normalized spacial score (nSPS) is 10.6. The first-order valence-electron chi connectivity index (χ1n) is 5.29. The van der Waals surface area contributed by atoms with Crippen molar-refractivity contribution in [3.63, 3.8) is 0 Å². The monoisotopic (exact) mass is 338 g/mol. The van der Waals surface area contributed by atoms with Gasteiger partial charge in [-0.3, -0.25) is 0 Å². The summed E-state index contributed by atoms with van der Waals surface area (Å²) in [6.07, 6.45) is 0. The molecule has 0 amide bonds. The molecular weight excluding hydrogens is 327 g/mol. The van der Waals surface area contributed by atoms with Crippen molar-refractivity contribution >= 4 is 19.4 Å². The summed E-state index contributed by atoms with van der Waals surface area (Å²) in [7, 11) is -3.81. The second-order valence-corrected chi connectivity index (χ2v) is 7.01. The van der Waals surface area contributed by atoms with Gasteiger partial charge in [0, 0.05) is 5.56 Å². The number of rotatable bonds is 3. The molecule has 0 atom stereocenters. The number of hydrogen-bond donors (Lipinski definition) is 0. The Morgan fingerprint density at radius 3 is 1.95 bits per heavy atom. The summed E-state index contributed by atoms with van der Waals surface area (Å²) in [5.74, 6) is 0.181. The van der Waals surface area contributed by atoms with Crippen LogP contribution < -0.4 is 0 Å². The van der Waals surface area contributed by atoms with Gasteiger partial charge in [0.15, 0.2) is 0 Å². The largest absolute Gasteiger partial charge is 2.00 e. The quantitative estimate of drug-likeness (QED) is 0.807. The van der Waals surface area contributed by atoms with Gasteiger partial charge in [-0.05, 0) is 11.1 Å². The molecule has 0 bridgehead atoms. The van der Waals surface area contributed by atoms with Crippen molar-refractivity contribution in [1.82, 2.24) is 0 Å². The van der Waals surface area contributed by atoms with E-state index in [1.54, 1.807) is 0 Å². The predicted octanol–water partition coefficient (Wildman–Crippen LogP) is 2.39. The van der Waals surface area contributed by atoms with Crippen LogP contribution in [0.2, 0.25) is 0 Å². The SMILES string of the molecule is O=S([O-])([O-])=[S+]Cc1ccc(-c2ccccc2)cc1.[Co+2]. The van der Waals surface area contributed by atoms with Crippen LogP contribution in [0.5, 0.6) is 0 Å². The van der Waals surface area contributed by atoms with E-state index in [0.29, 0.717) is 10.3 Å². The van der Waals surface area contributed by atoms with Crippen LogP contribution in [0.15, 0.2) is 54.6 Å². The first kappa shape index (κ1) is 16.3. The Morgan fingerprint density at radius 2 is 1.42 bits per heavy atom. The fraction of sp³-hybridized carbons (Fsp3) is 0.0769. The second-order valence-electron chi connectivity index (χ2n) is 3.73. The maximum absolute atomic E-state index is 10.5. The third-order valence-corrected chi connectivity index (χ3v) is 4.39. The molecule has 0 spiro atoms. The Hall–Kier alpha value is -0.764. The van der Waals surface area contributed by atoms with Crippen molar-refractivity contribution in [1.29, 1.82) is 0 Å². The maximum Gasteiger partial charge on any atom is 2.00 e. The summed E-state index contributed by atoms with van der Waals surface area (Å²) in [5, 5.41) is 0. The molecule has 2 aromatic rings. The molecule has 3 nitrogen and oxygen atoms in total. The molecule has 1 radical (unpaired) electrons. The van der Waals surface area contributed by atoms with Gasteiger partial charge in [-0.25, -0.2) is 4.21 Å². The van der Waals surface area contributed by atoms with Gasteiger partial charge in [0.05, 0.1) is 9.05 Å². The molecule has 0 N–H and O–H groups in total. The van der Waals surface area contributed by atoms with Crippen LogP contribution in [0.4, 0.5) is 0 Å². The van der Waals surface area contributed by atoms with Crippen LogP contribution in [0.25, 0.3) is 11.1 Å². The van der Waals surface area contributed by atoms with Gasteiger partial charge in [0.1, 0.15) is 0 Å². The molecular formula is C13H11CoO3S2+. The minimum Gasteiger partial charge on any atom is -0.746 e. The van der Waals surface area contributed by atoms with E-state index < -0.39 is 9.05 Å². The Balaban J connectivity index is 0.00000180. The minimum absolute atomic E-state index is 0. The molecule has 101 valence electrons. The summed E-state index contributed by atoms with van der Waals surface area (Å²) < 4.78 is 31.5. The van der Waals surface area contributed by atoms with E-state index in [9.17, 15) is 13.3 Å². The van der Waals surface area contributed by atoms with Crippen molar-refractivity contribution in [3.8, 4) is 11.1 Å². The van der Waals surface area contributed by atoms with Gasteiger partial charge < -0.3 is 9.11 Å². The Morgan fingerprint density at radius 1 is 0.895 bits per heavy atom. The van der Waals surface area contributed by atoms with E-state index in [4.69, 9.17) is 0 Å². The average molecular weight is 338 g/mol. The van der Waals surface area contributed by atoms with Crippen molar-refractivity contribution in [2.24, 2.45) is 0 Å². The molecule has 0 fully saturated rings. The van der Waals surface area contributed by atoms with Gasteiger partial charge in [-0.15, -0.1) is 0 Å². The molecule has 0 aliphatic rings. The Labute approximate surface area is 126 Å². The van der Waals surface area contributed by atoms with E-state index in [1.807, 2.05) is 54.6 Å². The van der Waals surface area contributed by atoms with Crippen LogP contribution in [-0.4, -0.2) is 13.3 Å². The summed E-state index contributed by atoms with van der Waals surface area (Å²) in [4.78, 5) is 0. The van der Waals surface area contributed by atoms with E-state index in [0.717, 1.165) is 16.7 Å². The number of benzene rings is 2. The standard InChI is InChI=1S/C13H12O3S2.Co/c14-18(15,16)17-10-11-6-8-13(9-7-11)12-4-2-1-3-5-12;/h1-9H,10H2,(H-,14,15,16);/q;+2/p-1. The summed E-state index contributed by atoms with van der Waals surface area (Å²) in [6, 6.07) is 17.4. The summed E-state index contributed by atoms with van der Waals surface area (Å²) in [5.41, 5.74) is 2.99. The molecule has 0 saturated heterocycles. The third kappa shape index (κ3) is 5.39. The van der Waals surface area contributed by atoms with Crippen molar-refractivity contribution in [2.75, 3.05) is 0 Å². The number of hydrogen-bond acceptors (Lipinski definition) is 3. The molecule has 0 aliphatic heterocycles. The zero-order valence-corrected chi connectivity index (χ0v) is 12.5. The van der Waals surface area contributed by atoms with Crippen molar-refractivity contribution in [2.45, 2.75) is 5.75 Å². The average Bonchev–Trinajstić information content (AvgIpc) is 2.37. The molecule has 0 saturated carbocycles. The fourth-order valence-corrected chi connectivity index (χ4v) is 2.88. The third-order valence-electron chi connectivity index (χ3n) is 2.43. The smallest absolute Gasteiger partial charge is 0.746 e. The maximum atomic E-state index is 10.5. The molecule has 0 heterocycles. The van der Waals surface area contributed by atoms with Crippen LogP contribution in [-0.2, 0) is 41.9 Å². The van der Waals surface area contributed by atoms with Gasteiger partial charge in [0.2, 0.25) is 16.1 Å². The molecule has 0 aromatic heterocycles. The van der Waals surface area contributed by atoms with E-state index >= 15 is 0 Å². The zero-order valence-electron chi connectivity index (χ0n) is 9.78.